The van der Waals surface area contributed by atoms with Crippen LogP contribution in [0.15, 0.2) is 54.3 Å². The fourth-order valence-electron chi connectivity index (χ4n) is 1.14. The average Bonchev–Trinajstić information content (AvgIpc) is 2.31. The Hall–Kier alpha value is 1.02. The molecule has 0 aromatic heterocycles. The van der Waals surface area contributed by atoms with E-state index in [0.29, 0.717) is 18.0 Å². The summed E-state index contributed by atoms with van der Waals surface area (Å²) in [4.78, 5) is 0. The van der Waals surface area contributed by atoms with E-state index in [-0.39, 0.29) is 0 Å². The van der Waals surface area contributed by atoms with E-state index in [2.05, 4.69) is 88.0 Å². The van der Waals surface area contributed by atoms with Crippen molar-refractivity contribution in [1.29, 1.82) is 0 Å². The van der Waals surface area contributed by atoms with E-state index in [0.717, 1.165) is 17.9 Å². The van der Waals surface area contributed by atoms with Gasteiger partial charge in [0.1, 0.15) is 0 Å². The molecule has 0 aliphatic heterocycles. The number of benzene rings is 2. The molecule has 0 heterocycles. The van der Waals surface area contributed by atoms with E-state index in [1.54, 1.807) is 0 Å². The average molecular weight is 576 g/mol. The second-order valence-electron chi connectivity index (χ2n) is 3.08. The number of hydrogen-bond donors (Lipinski definition) is 0. The predicted molar refractivity (Wildman–Crippen MR) is 83.0 cm³/mol. The van der Waals surface area contributed by atoms with E-state index in [4.69, 9.17) is 0 Å². The predicted octanol–water partition coefficient (Wildman–Crippen LogP) is 4.77. The van der Waals surface area contributed by atoms with E-state index in [9.17, 15) is 0 Å². The van der Waals surface area contributed by atoms with Crippen LogP contribution in [0.2, 0.25) is 0 Å². The van der Waals surface area contributed by atoms with Crippen LogP contribution in [0.25, 0.3) is 0 Å². The SMILES string of the molecule is Brc1ccc[c]([Pd][c]2cccc(Br)c2Br)c1Br. The molecule has 2 aromatic carbocycles. The van der Waals surface area contributed by atoms with Crippen molar-refractivity contribution >= 4 is 71.8 Å². The molecule has 0 amide bonds. The maximum atomic E-state index is 3.62. The van der Waals surface area contributed by atoms with Gasteiger partial charge in [-0.2, -0.15) is 0 Å². The van der Waals surface area contributed by atoms with Gasteiger partial charge in [0, 0.05) is 0 Å². The molecule has 0 radical (unpaired) electrons. The summed E-state index contributed by atoms with van der Waals surface area (Å²) in [6.07, 6.45) is 0. The van der Waals surface area contributed by atoms with Crippen LogP contribution < -0.4 is 8.07 Å². The van der Waals surface area contributed by atoms with Gasteiger partial charge in [-0.3, -0.25) is 0 Å². The van der Waals surface area contributed by atoms with Crippen molar-refractivity contribution < 1.29 is 18.0 Å². The zero-order chi connectivity index (χ0) is 12.4. The van der Waals surface area contributed by atoms with Gasteiger partial charge in [0.2, 0.25) is 0 Å². The summed E-state index contributed by atoms with van der Waals surface area (Å²) in [6.45, 7) is 0. The molecule has 0 fully saturated rings. The summed E-state index contributed by atoms with van der Waals surface area (Å²) in [7, 11) is 0. The van der Waals surface area contributed by atoms with Crippen LogP contribution in [0.1, 0.15) is 0 Å². The minimum atomic E-state index is 0.393. The van der Waals surface area contributed by atoms with Gasteiger partial charge in [0.05, 0.1) is 0 Å². The quantitative estimate of drug-likeness (QED) is 0.453. The number of halogens is 4. The van der Waals surface area contributed by atoms with Crippen LogP contribution in [-0.2, 0) is 18.0 Å². The fraction of sp³-hybridized carbons (Fsp3) is 0. The second-order valence-corrected chi connectivity index (χ2v) is 8.44. The van der Waals surface area contributed by atoms with Crippen molar-refractivity contribution in [2.45, 2.75) is 0 Å². The molecule has 92 valence electrons. The molecule has 0 aliphatic carbocycles. The van der Waals surface area contributed by atoms with Gasteiger partial charge < -0.3 is 0 Å². The summed E-state index contributed by atoms with van der Waals surface area (Å²) in [5, 5.41) is 0. The molecule has 0 unspecified atom stereocenters. The molecular formula is C12H6Br4Pd. The van der Waals surface area contributed by atoms with Gasteiger partial charge in [-0.05, 0) is 0 Å². The number of rotatable bonds is 2. The summed E-state index contributed by atoms with van der Waals surface area (Å²) in [6, 6.07) is 12.5. The van der Waals surface area contributed by atoms with Crippen molar-refractivity contribution in [2.75, 3.05) is 0 Å². The third-order valence-corrected chi connectivity index (χ3v) is 9.15. The Morgan fingerprint density at radius 3 is 1.47 bits per heavy atom. The summed E-state index contributed by atoms with van der Waals surface area (Å²) in [5.74, 6) is 0. The van der Waals surface area contributed by atoms with Gasteiger partial charge >= 0.3 is 144 Å². The first-order valence-electron chi connectivity index (χ1n) is 4.56. The maximum absolute atomic E-state index is 3.62. The molecule has 0 saturated heterocycles. The Kier molecular flexibility index (Phi) is 5.48. The van der Waals surface area contributed by atoms with Crippen molar-refractivity contribution in [2.24, 2.45) is 0 Å². The Balaban J connectivity index is 2.38. The monoisotopic (exact) mass is 572 g/mol. The molecule has 0 spiro atoms. The Labute approximate surface area is 142 Å². The molecule has 0 atom stereocenters. The normalized spacial score (nSPS) is 10.8. The molecule has 0 saturated carbocycles. The molecule has 2 aromatic rings. The molecule has 17 heavy (non-hydrogen) atoms. The van der Waals surface area contributed by atoms with Crippen molar-refractivity contribution in [3.8, 4) is 0 Å². The van der Waals surface area contributed by atoms with Crippen LogP contribution in [0.4, 0.5) is 0 Å². The van der Waals surface area contributed by atoms with Gasteiger partial charge in [-0.25, -0.2) is 0 Å². The van der Waals surface area contributed by atoms with Crippen molar-refractivity contribution in [1.82, 2.24) is 0 Å². The summed E-state index contributed by atoms with van der Waals surface area (Å²) in [5.41, 5.74) is 0. The minimum absolute atomic E-state index is 0.393. The third kappa shape index (κ3) is 3.52. The van der Waals surface area contributed by atoms with Gasteiger partial charge in [-0.15, -0.1) is 0 Å². The molecule has 0 aliphatic rings. The first-order valence-corrected chi connectivity index (χ1v) is 9.29. The molecular weight excluding hydrogens is 570 g/mol. The fourth-order valence-corrected chi connectivity index (χ4v) is 5.41. The van der Waals surface area contributed by atoms with E-state index < -0.39 is 0 Å². The molecule has 0 bridgehead atoms. The Bertz CT molecular complexity index is 505. The van der Waals surface area contributed by atoms with Crippen LogP contribution in [0.3, 0.4) is 0 Å². The van der Waals surface area contributed by atoms with Crippen molar-refractivity contribution in [3.63, 3.8) is 0 Å². The zero-order valence-electron chi connectivity index (χ0n) is 8.29. The molecule has 5 heteroatoms. The van der Waals surface area contributed by atoms with E-state index >= 15 is 0 Å². The van der Waals surface area contributed by atoms with Crippen LogP contribution in [-0.4, -0.2) is 0 Å². The van der Waals surface area contributed by atoms with E-state index in [1.165, 1.54) is 8.07 Å². The first kappa shape index (κ1) is 14.4. The van der Waals surface area contributed by atoms with Gasteiger partial charge in [-0.1, -0.05) is 0 Å². The topological polar surface area (TPSA) is 0 Å². The van der Waals surface area contributed by atoms with Crippen LogP contribution in [0, 0.1) is 0 Å². The summed E-state index contributed by atoms with van der Waals surface area (Å²) >= 11 is 14.7. The van der Waals surface area contributed by atoms with E-state index in [1.807, 2.05) is 12.1 Å². The van der Waals surface area contributed by atoms with Crippen LogP contribution >= 0.6 is 63.7 Å². The van der Waals surface area contributed by atoms with Crippen molar-refractivity contribution in [3.05, 3.63) is 54.3 Å². The molecule has 0 N–H and O–H groups in total. The van der Waals surface area contributed by atoms with Crippen LogP contribution in [0.5, 0.6) is 0 Å². The zero-order valence-corrected chi connectivity index (χ0v) is 16.2. The first-order chi connectivity index (χ1) is 8.09. The third-order valence-electron chi connectivity index (χ3n) is 1.93. The second kappa shape index (κ2) is 6.45. The Morgan fingerprint density at radius 1 is 0.647 bits per heavy atom. The number of hydrogen-bond acceptors (Lipinski definition) is 0. The summed E-state index contributed by atoms with van der Waals surface area (Å²) < 4.78 is 7.10. The molecule has 0 nitrogen and oxygen atoms in total. The van der Waals surface area contributed by atoms with Gasteiger partial charge in [0.25, 0.3) is 0 Å². The molecule has 2 rings (SSSR count). The van der Waals surface area contributed by atoms with Gasteiger partial charge in [0.15, 0.2) is 0 Å². The Morgan fingerprint density at radius 2 is 1.06 bits per heavy atom. The standard InChI is InChI=1S/2C6H3Br2.Pd/c2*7-5-3-1-2-4-6(5)8;/h2*1-3H;.